The van der Waals surface area contributed by atoms with E-state index < -0.39 is 0 Å². The Balaban J connectivity index is 1.56. The third-order valence-electron chi connectivity index (χ3n) is 5.45. The number of fused-ring (bicyclic) bond motifs is 1. The van der Waals surface area contributed by atoms with Gasteiger partial charge in [-0.05, 0) is 47.3 Å². The van der Waals surface area contributed by atoms with E-state index in [1.807, 2.05) is 53.9 Å². The van der Waals surface area contributed by atoms with E-state index in [-0.39, 0.29) is 11.9 Å². The fourth-order valence-corrected chi connectivity index (χ4v) is 4.50. The van der Waals surface area contributed by atoms with Gasteiger partial charge in [-0.3, -0.25) is 14.8 Å². The Bertz CT molecular complexity index is 1320. The number of carbonyl (C=O) groups excluding carboxylic acids is 1. The van der Waals surface area contributed by atoms with Crippen LogP contribution in [-0.4, -0.2) is 40.8 Å². The first kappa shape index (κ1) is 20.1. The fourth-order valence-electron chi connectivity index (χ4n) is 3.85. The number of carbonyl (C=O) groups is 1. The maximum atomic E-state index is 13.3. The van der Waals surface area contributed by atoms with Gasteiger partial charge >= 0.3 is 0 Å². The highest BCUT2D eigenvalue weighted by Crippen LogP contribution is 2.37. The van der Waals surface area contributed by atoms with E-state index in [1.165, 1.54) is 11.3 Å². The number of nitrogens with zero attached hydrogens (tertiary/aromatic N) is 4. The van der Waals surface area contributed by atoms with Gasteiger partial charge in [-0.1, -0.05) is 12.1 Å². The van der Waals surface area contributed by atoms with E-state index >= 15 is 0 Å². The van der Waals surface area contributed by atoms with Gasteiger partial charge in [0.2, 0.25) is 0 Å². The molecular weight excluding hydrogens is 424 g/mol. The molecule has 1 aliphatic rings. The number of hydrogen-bond acceptors (Lipinski definition) is 7. The standard InChI is InChI=1S/C24H20N4O3S/c1-30-21-8-6-15(13-22(21)31-2)18-14-20(28(27-18)24(29)23-4-3-11-32-23)16-5-7-17-19(12-16)26-10-9-25-17/h3-13,20H,14H2,1-2H3. The summed E-state index contributed by atoms with van der Waals surface area (Å²) in [5.74, 6) is 1.14. The summed E-state index contributed by atoms with van der Waals surface area (Å²) in [6.07, 6.45) is 3.90. The van der Waals surface area contributed by atoms with Crippen LogP contribution in [0.2, 0.25) is 0 Å². The number of benzene rings is 2. The molecule has 1 atom stereocenters. The Labute approximate surface area is 189 Å². The quantitative estimate of drug-likeness (QED) is 0.446. The molecule has 1 amide bonds. The highest BCUT2D eigenvalue weighted by Gasteiger charge is 2.34. The van der Waals surface area contributed by atoms with E-state index in [0.29, 0.717) is 22.8 Å². The average Bonchev–Trinajstić information content (AvgIpc) is 3.53. The van der Waals surface area contributed by atoms with E-state index in [0.717, 1.165) is 27.9 Å². The third-order valence-corrected chi connectivity index (χ3v) is 6.30. The first-order valence-corrected chi connectivity index (χ1v) is 10.9. The number of aromatic nitrogens is 2. The molecule has 5 rings (SSSR count). The van der Waals surface area contributed by atoms with E-state index in [1.54, 1.807) is 31.6 Å². The predicted molar refractivity (Wildman–Crippen MR) is 123 cm³/mol. The van der Waals surface area contributed by atoms with Crippen LogP contribution >= 0.6 is 11.3 Å². The van der Waals surface area contributed by atoms with Crippen LogP contribution in [0.15, 0.2) is 71.4 Å². The van der Waals surface area contributed by atoms with Gasteiger partial charge in [0.05, 0.1) is 41.9 Å². The Hall–Kier alpha value is -3.78. The van der Waals surface area contributed by atoms with Gasteiger partial charge in [0.25, 0.3) is 5.91 Å². The lowest BCUT2D eigenvalue weighted by atomic mass is 9.97. The van der Waals surface area contributed by atoms with Crippen LogP contribution in [0.3, 0.4) is 0 Å². The number of rotatable bonds is 5. The molecule has 0 spiro atoms. The minimum atomic E-state index is -0.251. The van der Waals surface area contributed by atoms with Crippen molar-refractivity contribution in [2.75, 3.05) is 14.2 Å². The van der Waals surface area contributed by atoms with Crippen LogP contribution < -0.4 is 9.47 Å². The van der Waals surface area contributed by atoms with Crippen LogP contribution in [0.25, 0.3) is 11.0 Å². The van der Waals surface area contributed by atoms with Crippen molar-refractivity contribution in [1.82, 2.24) is 15.0 Å². The van der Waals surface area contributed by atoms with Crippen molar-refractivity contribution in [2.45, 2.75) is 12.5 Å². The number of amides is 1. The number of methoxy groups -OCH3 is 2. The molecule has 1 aliphatic heterocycles. The number of hydrazone groups is 1. The lowest BCUT2D eigenvalue weighted by Gasteiger charge is -2.21. The highest BCUT2D eigenvalue weighted by atomic mass is 32.1. The van der Waals surface area contributed by atoms with E-state index in [4.69, 9.17) is 14.6 Å². The first-order valence-electron chi connectivity index (χ1n) is 10.1. The van der Waals surface area contributed by atoms with Crippen molar-refractivity contribution in [3.05, 3.63) is 82.3 Å². The summed E-state index contributed by atoms with van der Waals surface area (Å²) >= 11 is 1.41. The largest absolute Gasteiger partial charge is 0.493 e. The van der Waals surface area contributed by atoms with Crippen molar-refractivity contribution in [2.24, 2.45) is 5.10 Å². The Morgan fingerprint density at radius 2 is 1.81 bits per heavy atom. The molecule has 7 nitrogen and oxygen atoms in total. The monoisotopic (exact) mass is 444 g/mol. The maximum Gasteiger partial charge on any atom is 0.284 e. The second-order valence-electron chi connectivity index (χ2n) is 7.27. The summed E-state index contributed by atoms with van der Waals surface area (Å²) in [5, 5.41) is 8.23. The first-order chi connectivity index (χ1) is 15.7. The minimum absolute atomic E-state index is 0.125. The normalized spacial score (nSPS) is 15.6. The summed E-state index contributed by atoms with van der Waals surface area (Å²) < 4.78 is 10.8. The zero-order valence-electron chi connectivity index (χ0n) is 17.6. The van der Waals surface area contributed by atoms with Crippen LogP contribution in [0.1, 0.15) is 33.3 Å². The number of thiophene rings is 1. The Kier molecular flexibility index (Phi) is 5.28. The second-order valence-corrected chi connectivity index (χ2v) is 8.22. The van der Waals surface area contributed by atoms with Crippen LogP contribution in [0, 0.1) is 0 Å². The van der Waals surface area contributed by atoms with Gasteiger partial charge < -0.3 is 9.47 Å². The average molecular weight is 445 g/mol. The van der Waals surface area contributed by atoms with Crippen LogP contribution in [0.5, 0.6) is 11.5 Å². The molecule has 0 N–H and O–H groups in total. The van der Waals surface area contributed by atoms with Crippen LogP contribution in [0.4, 0.5) is 0 Å². The SMILES string of the molecule is COc1ccc(C2=NN(C(=O)c3cccs3)C(c3ccc4nccnc4c3)C2)cc1OC. The molecule has 0 saturated heterocycles. The fraction of sp³-hybridized carbons (Fsp3) is 0.167. The summed E-state index contributed by atoms with van der Waals surface area (Å²) in [6.45, 7) is 0. The van der Waals surface area contributed by atoms with Gasteiger partial charge in [-0.15, -0.1) is 11.3 Å². The molecule has 0 fully saturated rings. The van der Waals surface area contributed by atoms with Crippen molar-refractivity contribution >= 4 is 34.0 Å². The molecule has 0 saturated carbocycles. The third kappa shape index (κ3) is 3.58. The summed E-state index contributed by atoms with van der Waals surface area (Å²) in [5.41, 5.74) is 4.25. The van der Waals surface area contributed by atoms with E-state index in [2.05, 4.69) is 9.97 Å². The molecule has 2 aromatic heterocycles. The lowest BCUT2D eigenvalue weighted by molar-refractivity contribution is 0.0716. The van der Waals surface area contributed by atoms with Gasteiger partial charge in [0.1, 0.15) is 0 Å². The molecule has 8 heteroatoms. The zero-order chi connectivity index (χ0) is 22.1. The van der Waals surface area contributed by atoms with Crippen LogP contribution in [-0.2, 0) is 0 Å². The maximum absolute atomic E-state index is 13.3. The van der Waals surface area contributed by atoms with Gasteiger partial charge in [-0.2, -0.15) is 5.10 Å². The predicted octanol–water partition coefficient (Wildman–Crippen LogP) is 4.70. The van der Waals surface area contributed by atoms with Gasteiger partial charge in [0.15, 0.2) is 11.5 Å². The smallest absolute Gasteiger partial charge is 0.284 e. The summed E-state index contributed by atoms with van der Waals surface area (Å²) in [7, 11) is 3.20. The molecule has 1 unspecified atom stereocenters. The molecule has 0 radical (unpaired) electrons. The molecule has 2 aromatic carbocycles. The van der Waals surface area contributed by atoms with Crippen molar-refractivity contribution in [3.63, 3.8) is 0 Å². The summed E-state index contributed by atoms with van der Waals surface area (Å²) in [4.78, 5) is 22.7. The topological polar surface area (TPSA) is 76.9 Å². The van der Waals surface area contributed by atoms with Crippen molar-refractivity contribution in [3.8, 4) is 11.5 Å². The Morgan fingerprint density at radius 1 is 1.00 bits per heavy atom. The molecule has 3 heterocycles. The molecule has 0 aliphatic carbocycles. The molecule has 0 bridgehead atoms. The lowest BCUT2D eigenvalue weighted by Crippen LogP contribution is -2.26. The molecule has 160 valence electrons. The van der Waals surface area contributed by atoms with Crippen molar-refractivity contribution < 1.29 is 14.3 Å². The number of hydrogen-bond donors (Lipinski definition) is 0. The number of ether oxygens (including phenoxy) is 2. The molecule has 4 aromatic rings. The zero-order valence-corrected chi connectivity index (χ0v) is 18.4. The summed E-state index contributed by atoms with van der Waals surface area (Å²) in [6, 6.07) is 15.0. The van der Waals surface area contributed by atoms with E-state index in [9.17, 15) is 4.79 Å². The molecular formula is C24H20N4O3S. The van der Waals surface area contributed by atoms with Gasteiger partial charge in [-0.25, -0.2) is 5.01 Å². The van der Waals surface area contributed by atoms with Gasteiger partial charge in [0, 0.05) is 24.4 Å². The molecule has 32 heavy (non-hydrogen) atoms. The van der Waals surface area contributed by atoms with Crippen molar-refractivity contribution in [1.29, 1.82) is 0 Å². The highest BCUT2D eigenvalue weighted by molar-refractivity contribution is 7.12. The minimum Gasteiger partial charge on any atom is -0.493 e. The second kappa shape index (κ2) is 8.39. The Morgan fingerprint density at radius 3 is 2.56 bits per heavy atom.